The molecule has 1 aromatic carbocycles. The number of anilines is 2. The number of fused-ring (bicyclic) bond motifs is 1. The van der Waals surface area contributed by atoms with Crippen LogP contribution >= 0.6 is 0 Å². The Bertz CT molecular complexity index is 1210. The van der Waals surface area contributed by atoms with Gasteiger partial charge in [-0.1, -0.05) is 0 Å². The highest BCUT2D eigenvalue weighted by molar-refractivity contribution is 6.03. The Hall–Kier alpha value is -3.54. The van der Waals surface area contributed by atoms with Crippen molar-refractivity contribution < 1.29 is 27.4 Å². The van der Waals surface area contributed by atoms with E-state index in [2.05, 4.69) is 35.2 Å². The van der Waals surface area contributed by atoms with E-state index in [1.165, 1.54) is 13.3 Å². The number of piperidine rings is 1. The summed E-state index contributed by atoms with van der Waals surface area (Å²) in [7, 11) is 3.23. The lowest BCUT2D eigenvalue weighted by atomic mass is 10.0. The molecule has 4 rings (SSSR count). The molecule has 0 aliphatic carbocycles. The van der Waals surface area contributed by atoms with E-state index in [0.717, 1.165) is 32.1 Å². The van der Waals surface area contributed by atoms with Gasteiger partial charge in [0, 0.05) is 35.9 Å². The Morgan fingerprint density at radius 1 is 1.34 bits per heavy atom. The lowest BCUT2D eigenvalue weighted by molar-refractivity contribution is -0.137. The number of likely N-dealkylation sites (tertiary alicyclic amines) is 1. The minimum Gasteiger partial charge on any atom is -0.489 e. The van der Waals surface area contributed by atoms with E-state index < -0.39 is 17.8 Å². The van der Waals surface area contributed by atoms with Gasteiger partial charge in [0.25, 0.3) is 0 Å². The van der Waals surface area contributed by atoms with Gasteiger partial charge in [-0.25, -0.2) is 14.8 Å². The molecule has 3 N–H and O–H groups in total. The SMILES string of the molecule is CCOc1c(NC(=O)OC)ccc2c(-c3nc(N[C@H]4CCCN(C)C4)ncc3C(F)(F)F)c[nH]c12. The molecule has 188 valence electrons. The molecular formula is C23H27F3N6O3. The first kappa shape index (κ1) is 24.6. The predicted molar refractivity (Wildman–Crippen MR) is 126 cm³/mol. The Morgan fingerprint density at radius 3 is 2.83 bits per heavy atom. The third kappa shape index (κ3) is 5.26. The summed E-state index contributed by atoms with van der Waals surface area (Å²) in [5.41, 5.74) is -0.210. The zero-order valence-electron chi connectivity index (χ0n) is 19.6. The number of hydrogen-bond donors (Lipinski definition) is 3. The van der Waals surface area contributed by atoms with Gasteiger partial charge in [-0.05, 0) is 45.5 Å². The number of aromatic amines is 1. The number of H-pyrrole nitrogens is 1. The molecule has 0 radical (unpaired) electrons. The van der Waals surface area contributed by atoms with Crippen LogP contribution in [-0.4, -0.2) is 65.8 Å². The molecule has 2 aromatic heterocycles. The summed E-state index contributed by atoms with van der Waals surface area (Å²) in [6, 6.07) is 3.19. The van der Waals surface area contributed by atoms with E-state index in [1.54, 1.807) is 19.1 Å². The van der Waals surface area contributed by atoms with Gasteiger partial charge in [0.05, 0.1) is 30.6 Å². The first-order valence-corrected chi connectivity index (χ1v) is 11.2. The van der Waals surface area contributed by atoms with Gasteiger partial charge >= 0.3 is 12.3 Å². The molecule has 1 saturated heterocycles. The molecule has 0 unspecified atom stereocenters. The number of benzene rings is 1. The molecule has 0 spiro atoms. The van der Waals surface area contributed by atoms with E-state index in [9.17, 15) is 18.0 Å². The van der Waals surface area contributed by atoms with Crippen molar-refractivity contribution in [3.8, 4) is 17.0 Å². The number of nitrogens with one attached hydrogen (secondary N) is 3. The predicted octanol–water partition coefficient (Wildman–Crippen LogP) is 4.73. The number of amides is 1. The molecule has 3 aromatic rings. The van der Waals surface area contributed by atoms with E-state index in [0.29, 0.717) is 16.6 Å². The van der Waals surface area contributed by atoms with Gasteiger partial charge in [-0.2, -0.15) is 13.2 Å². The zero-order chi connectivity index (χ0) is 25.2. The fourth-order valence-electron chi connectivity index (χ4n) is 4.25. The number of carbonyl (C=O) groups is 1. The third-order valence-corrected chi connectivity index (χ3v) is 5.83. The Kier molecular flexibility index (Phi) is 7.01. The van der Waals surface area contributed by atoms with Crippen molar-refractivity contribution in [3.63, 3.8) is 0 Å². The van der Waals surface area contributed by atoms with E-state index in [-0.39, 0.29) is 35.6 Å². The zero-order valence-corrected chi connectivity index (χ0v) is 19.6. The summed E-state index contributed by atoms with van der Waals surface area (Å²) in [5, 5.41) is 6.19. The maximum Gasteiger partial charge on any atom is 0.419 e. The fraction of sp³-hybridized carbons (Fsp3) is 0.435. The van der Waals surface area contributed by atoms with Crippen molar-refractivity contribution in [1.82, 2.24) is 19.9 Å². The molecule has 12 heteroatoms. The lowest BCUT2D eigenvalue weighted by Gasteiger charge is -2.30. The Balaban J connectivity index is 1.79. The smallest absolute Gasteiger partial charge is 0.419 e. The quantitative estimate of drug-likeness (QED) is 0.457. The van der Waals surface area contributed by atoms with E-state index >= 15 is 0 Å². The number of aromatic nitrogens is 3. The van der Waals surface area contributed by atoms with Crippen molar-refractivity contribution in [3.05, 3.63) is 30.1 Å². The summed E-state index contributed by atoms with van der Waals surface area (Å²) in [4.78, 5) is 25.1. The number of rotatable bonds is 6. The molecular weight excluding hydrogens is 465 g/mol. The van der Waals surface area contributed by atoms with Crippen molar-refractivity contribution in [2.75, 3.05) is 44.5 Å². The Labute approximate surface area is 200 Å². The Morgan fingerprint density at radius 2 is 2.14 bits per heavy atom. The lowest BCUT2D eigenvalue weighted by Crippen LogP contribution is -2.40. The first-order chi connectivity index (χ1) is 16.7. The normalized spacial score (nSPS) is 16.8. The van der Waals surface area contributed by atoms with Crippen LogP contribution in [0.25, 0.3) is 22.2 Å². The fourth-order valence-corrected chi connectivity index (χ4v) is 4.25. The summed E-state index contributed by atoms with van der Waals surface area (Å²) in [6.45, 7) is 3.76. The van der Waals surface area contributed by atoms with Gasteiger partial charge in [0.2, 0.25) is 5.95 Å². The minimum atomic E-state index is -4.66. The van der Waals surface area contributed by atoms with Crippen molar-refractivity contribution in [2.45, 2.75) is 32.0 Å². The number of likely N-dealkylation sites (N-methyl/N-ethyl adjacent to an activating group) is 1. The van der Waals surface area contributed by atoms with Gasteiger partial charge in [-0.3, -0.25) is 5.32 Å². The molecule has 35 heavy (non-hydrogen) atoms. The van der Waals surface area contributed by atoms with Crippen LogP contribution in [0.5, 0.6) is 5.75 Å². The highest BCUT2D eigenvalue weighted by Crippen LogP contribution is 2.42. The molecule has 1 aliphatic rings. The van der Waals surface area contributed by atoms with Crippen LogP contribution in [0.15, 0.2) is 24.5 Å². The molecule has 3 heterocycles. The average Bonchev–Trinajstić information content (AvgIpc) is 3.24. The maximum absolute atomic E-state index is 13.9. The molecule has 0 bridgehead atoms. The number of methoxy groups -OCH3 is 1. The van der Waals surface area contributed by atoms with Crippen LogP contribution in [-0.2, 0) is 10.9 Å². The van der Waals surface area contributed by atoms with Crippen LogP contribution < -0.4 is 15.4 Å². The van der Waals surface area contributed by atoms with Crippen LogP contribution in [0, 0.1) is 0 Å². The monoisotopic (exact) mass is 492 g/mol. The summed E-state index contributed by atoms with van der Waals surface area (Å²) in [6.07, 6.45) is -1.23. The summed E-state index contributed by atoms with van der Waals surface area (Å²) in [5.74, 6) is 0.421. The third-order valence-electron chi connectivity index (χ3n) is 5.83. The van der Waals surface area contributed by atoms with Crippen molar-refractivity contribution in [1.29, 1.82) is 0 Å². The van der Waals surface area contributed by atoms with Gasteiger partial charge < -0.3 is 24.7 Å². The van der Waals surface area contributed by atoms with Crippen LogP contribution in [0.1, 0.15) is 25.3 Å². The highest BCUT2D eigenvalue weighted by atomic mass is 19.4. The van der Waals surface area contributed by atoms with Gasteiger partial charge in [-0.15, -0.1) is 0 Å². The van der Waals surface area contributed by atoms with Gasteiger partial charge in [0.15, 0.2) is 5.75 Å². The number of ether oxygens (including phenoxy) is 2. The van der Waals surface area contributed by atoms with Crippen LogP contribution in [0.4, 0.5) is 29.6 Å². The maximum atomic E-state index is 13.9. The van der Waals surface area contributed by atoms with E-state index in [1.807, 2.05) is 7.05 Å². The topological polar surface area (TPSA) is 104 Å². The number of hydrogen-bond acceptors (Lipinski definition) is 7. The highest BCUT2D eigenvalue weighted by Gasteiger charge is 2.36. The van der Waals surface area contributed by atoms with Crippen LogP contribution in [0.3, 0.4) is 0 Å². The standard InChI is InChI=1S/C23H27F3N6O3/c1-4-35-20-17(30-22(33)34-3)8-7-14-15(10-27-19(14)20)18-16(23(24,25)26)11-28-21(31-18)29-13-6-5-9-32(2)12-13/h7-8,10-11,13,27H,4-6,9,12H2,1-3H3,(H,30,33)(H,28,29,31)/t13-/m0/s1. The number of halogens is 3. The molecule has 1 amide bonds. The van der Waals surface area contributed by atoms with E-state index in [4.69, 9.17) is 4.74 Å². The number of nitrogens with zero attached hydrogens (tertiary/aromatic N) is 3. The minimum absolute atomic E-state index is 0.0396. The molecule has 0 saturated carbocycles. The van der Waals surface area contributed by atoms with Crippen LogP contribution in [0.2, 0.25) is 0 Å². The van der Waals surface area contributed by atoms with Crippen molar-refractivity contribution in [2.24, 2.45) is 0 Å². The average molecular weight is 493 g/mol. The number of alkyl halides is 3. The second kappa shape index (κ2) is 9.98. The largest absolute Gasteiger partial charge is 0.489 e. The summed E-state index contributed by atoms with van der Waals surface area (Å²) < 4.78 is 52.1. The molecule has 1 atom stereocenters. The van der Waals surface area contributed by atoms with Crippen molar-refractivity contribution >= 4 is 28.6 Å². The van der Waals surface area contributed by atoms with Gasteiger partial charge in [0.1, 0.15) is 5.56 Å². The number of carbonyl (C=O) groups excluding carboxylic acids is 1. The molecule has 1 aliphatic heterocycles. The first-order valence-electron chi connectivity index (χ1n) is 11.2. The second-order valence-corrected chi connectivity index (χ2v) is 8.32. The second-order valence-electron chi connectivity index (χ2n) is 8.32. The molecule has 1 fully saturated rings. The summed E-state index contributed by atoms with van der Waals surface area (Å²) >= 11 is 0. The molecule has 9 nitrogen and oxygen atoms in total.